The number of nitrogens with one attached hydrogen (secondary N) is 1. The lowest BCUT2D eigenvalue weighted by atomic mass is 10.1. The smallest absolute Gasteiger partial charge is 0.164 e. The number of carbonyl (C=O) groups is 1. The number of ketones is 1. The van der Waals surface area contributed by atoms with Crippen LogP contribution in [0.4, 0.5) is 5.00 Å². The van der Waals surface area contributed by atoms with E-state index in [0.717, 1.165) is 17.1 Å². The molecule has 0 aliphatic heterocycles. The Hall–Kier alpha value is -0.750. The van der Waals surface area contributed by atoms with Crippen molar-refractivity contribution in [2.75, 3.05) is 17.3 Å². The molecule has 1 heterocycles. The minimum Gasteiger partial charge on any atom is -0.373 e. The van der Waals surface area contributed by atoms with Gasteiger partial charge in [-0.05, 0) is 38.7 Å². The van der Waals surface area contributed by atoms with E-state index in [1.54, 1.807) is 13.2 Å². The van der Waals surface area contributed by atoms with Crippen LogP contribution in [-0.2, 0) is 10.8 Å². The van der Waals surface area contributed by atoms with E-state index in [2.05, 4.69) is 9.69 Å². The van der Waals surface area contributed by atoms with E-state index in [-0.39, 0.29) is 11.8 Å². The standard InChI is InChI=1S/C11H18N2O2S2/c1-7(5-6-17(4)15)12-11-10(9(3)14)8(2)13-16-11/h7,12H,5-6H2,1-4H3. The zero-order valence-corrected chi connectivity index (χ0v) is 12.2. The molecule has 6 heteroatoms. The molecule has 0 aliphatic carbocycles. The zero-order chi connectivity index (χ0) is 13.0. The normalized spacial score (nSPS) is 14.4. The summed E-state index contributed by atoms with van der Waals surface area (Å²) in [6, 6.07) is 0.192. The molecule has 0 aromatic carbocycles. The molecule has 0 radical (unpaired) electrons. The molecular weight excluding hydrogens is 256 g/mol. The summed E-state index contributed by atoms with van der Waals surface area (Å²) in [4.78, 5) is 11.5. The van der Waals surface area contributed by atoms with E-state index in [9.17, 15) is 9.00 Å². The van der Waals surface area contributed by atoms with Crippen LogP contribution >= 0.6 is 11.5 Å². The van der Waals surface area contributed by atoms with Gasteiger partial charge in [-0.3, -0.25) is 9.00 Å². The summed E-state index contributed by atoms with van der Waals surface area (Å²) in [5.41, 5.74) is 1.45. The van der Waals surface area contributed by atoms with Crippen molar-refractivity contribution in [3.05, 3.63) is 11.3 Å². The number of rotatable bonds is 6. The molecule has 1 aromatic heterocycles. The highest BCUT2D eigenvalue weighted by Gasteiger charge is 2.16. The van der Waals surface area contributed by atoms with Crippen LogP contribution in [0.3, 0.4) is 0 Å². The van der Waals surface area contributed by atoms with Crippen molar-refractivity contribution in [3.8, 4) is 0 Å². The van der Waals surface area contributed by atoms with Gasteiger partial charge >= 0.3 is 0 Å². The third-order valence-corrected chi connectivity index (χ3v) is 4.11. The van der Waals surface area contributed by atoms with Gasteiger partial charge < -0.3 is 5.32 Å². The number of aromatic nitrogens is 1. The summed E-state index contributed by atoms with van der Waals surface area (Å²) in [7, 11) is -0.772. The summed E-state index contributed by atoms with van der Waals surface area (Å²) in [5, 5.41) is 4.09. The summed E-state index contributed by atoms with van der Waals surface area (Å²) in [6.07, 6.45) is 2.52. The van der Waals surface area contributed by atoms with Crippen molar-refractivity contribution < 1.29 is 9.00 Å². The fourth-order valence-electron chi connectivity index (χ4n) is 1.52. The van der Waals surface area contributed by atoms with Crippen molar-refractivity contribution >= 4 is 33.1 Å². The summed E-state index contributed by atoms with van der Waals surface area (Å²) >= 11 is 1.31. The van der Waals surface area contributed by atoms with Crippen LogP contribution in [-0.4, -0.2) is 32.4 Å². The first-order valence-corrected chi connectivity index (χ1v) is 7.95. The lowest BCUT2D eigenvalue weighted by Crippen LogP contribution is -2.18. The van der Waals surface area contributed by atoms with E-state index in [0.29, 0.717) is 11.3 Å². The molecule has 17 heavy (non-hydrogen) atoms. The summed E-state index contributed by atoms with van der Waals surface area (Å²) in [5.74, 6) is 0.700. The highest BCUT2D eigenvalue weighted by atomic mass is 32.2. The predicted octanol–water partition coefficient (Wildman–Crippen LogP) is 2.22. The Morgan fingerprint density at radius 3 is 2.76 bits per heavy atom. The maximum absolute atomic E-state index is 11.5. The number of hydrogen-bond acceptors (Lipinski definition) is 5. The van der Waals surface area contributed by atoms with Crippen LogP contribution in [0.25, 0.3) is 0 Å². The van der Waals surface area contributed by atoms with Crippen molar-refractivity contribution in [1.29, 1.82) is 0 Å². The number of hydrogen-bond donors (Lipinski definition) is 1. The largest absolute Gasteiger partial charge is 0.373 e. The average molecular weight is 274 g/mol. The lowest BCUT2D eigenvalue weighted by molar-refractivity contribution is 0.101. The monoisotopic (exact) mass is 274 g/mol. The van der Waals surface area contributed by atoms with Crippen LogP contribution < -0.4 is 5.32 Å². The van der Waals surface area contributed by atoms with Crippen molar-refractivity contribution in [3.63, 3.8) is 0 Å². The molecule has 0 aliphatic rings. The van der Waals surface area contributed by atoms with Gasteiger partial charge in [-0.2, -0.15) is 4.37 Å². The molecule has 0 fully saturated rings. The van der Waals surface area contributed by atoms with Gasteiger partial charge in [0.2, 0.25) is 0 Å². The Labute approximate surface area is 108 Å². The molecule has 0 amide bonds. The highest BCUT2D eigenvalue weighted by Crippen LogP contribution is 2.25. The van der Waals surface area contributed by atoms with Crippen LogP contribution in [0.5, 0.6) is 0 Å². The topological polar surface area (TPSA) is 59.1 Å². The summed E-state index contributed by atoms with van der Waals surface area (Å²) < 4.78 is 15.2. The molecule has 4 nitrogen and oxygen atoms in total. The first kappa shape index (κ1) is 14.3. The predicted molar refractivity (Wildman–Crippen MR) is 73.5 cm³/mol. The number of Topliss-reactive ketones (excluding diaryl/α,β-unsaturated/α-hetero) is 1. The van der Waals surface area contributed by atoms with Gasteiger partial charge in [-0.25, -0.2) is 0 Å². The Balaban J connectivity index is 2.68. The second kappa shape index (κ2) is 6.26. The Morgan fingerprint density at radius 1 is 1.59 bits per heavy atom. The van der Waals surface area contributed by atoms with Gasteiger partial charge in [0.05, 0.1) is 11.3 Å². The zero-order valence-electron chi connectivity index (χ0n) is 10.6. The van der Waals surface area contributed by atoms with Gasteiger partial charge in [0.1, 0.15) is 5.00 Å². The van der Waals surface area contributed by atoms with E-state index in [1.165, 1.54) is 11.5 Å². The van der Waals surface area contributed by atoms with Crippen LogP contribution in [0.15, 0.2) is 0 Å². The molecule has 1 N–H and O–H groups in total. The summed E-state index contributed by atoms with van der Waals surface area (Å²) in [6.45, 7) is 5.41. The quantitative estimate of drug-likeness (QED) is 0.808. The van der Waals surface area contributed by atoms with Gasteiger partial charge in [0.15, 0.2) is 5.78 Å². The first-order valence-electron chi connectivity index (χ1n) is 5.45. The maximum atomic E-state index is 11.5. The van der Waals surface area contributed by atoms with Crippen molar-refractivity contribution in [1.82, 2.24) is 4.37 Å². The molecule has 0 bridgehead atoms. The fraction of sp³-hybridized carbons (Fsp3) is 0.636. The van der Waals surface area contributed by atoms with Crippen molar-refractivity contribution in [2.45, 2.75) is 33.2 Å². The Bertz CT molecular complexity index is 429. The minimum absolute atomic E-state index is 0.0324. The molecule has 2 atom stereocenters. The molecule has 0 spiro atoms. The maximum Gasteiger partial charge on any atom is 0.164 e. The van der Waals surface area contributed by atoms with Crippen LogP contribution in [0.2, 0.25) is 0 Å². The average Bonchev–Trinajstić information content (AvgIpc) is 2.56. The van der Waals surface area contributed by atoms with Gasteiger partial charge in [0, 0.05) is 28.9 Å². The molecule has 0 saturated carbocycles. The van der Waals surface area contributed by atoms with Gasteiger partial charge in [-0.15, -0.1) is 0 Å². The number of anilines is 1. The molecule has 0 saturated heterocycles. The lowest BCUT2D eigenvalue weighted by Gasteiger charge is -2.13. The fourth-order valence-corrected chi connectivity index (χ4v) is 3.16. The van der Waals surface area contributed by atoms with Crippen LogP contribution in [0, 0.1) is 6.92 Å². The molecular formula is C11H18N2O2S2. The molecule has 96 valence electrons. The second-order valence-corrected chi connectivity index (χ2v) is 6.47. The molecule has 2 unspecified atom stereocenters. The van der Waals surface area contributed by atoms with Gasteiger partial charge in [-0.1, -0.05) is 0 Å². The first-order chi connectivity index (χ1) is 7.91. The minimum atomic E-state index is -0.772. The SMILES string of the molecule is CC(=O)c1c(C)nsc1NC(C)CCS(C)=O. The van der Waals surface area contributed by atoms with E-state index in [4.69, 9.17) is 0 Å². The molecule has 1 rings (SSSR count). The molecule has 1 aromatic rings. The number of nitrogens with zero attached hydrogens (tertiary/aromatic N) is 1. The third-order valence-electron chi connectivity index (χ3n) is 2.43. The highest BCUT2D eigenvalue weighted by molar-refractivity contribution is 7.84. The Kier molecular flexibility index (Phi) is 5.27. The van der Waals surface area contributed by atoms with Crippen molar-refractivity contribution in [2.24, 2.45) is 0 Å². The Morgan fingerprint density at radius 2 is 2.24 bits per heavy atom. The second-order valence-electron chi connectivity index (χ2n) is 4.14. The van der Waals surface area contributed by atoms with E-state index in [1.807, 2.05) is 13.8 Å². The van der Waals surface area contributed by atoms with Gasteiger partial charge in [0.25, 0.3) is 0 Å². The van der Waals surface area contributed by atoms with E-state index >= 15 is 0 Å². The number of aryl methyl sites for hydroxylation is 1. The van der Waals surface area contributed by atoms with E-state index < -0.39 is 10.8 Å². The number of carbonyl (C=O) groups excluding carboxylic acids is 1. The van der Waals surface area contributed by atoms with Crippen LogP contribution in [0.1, 0.15) is 36.3 Å². The third kappa shape index (κ3) is 4.20.